The lowest BCUT2D eigenvalue weighted by molar-refractivity contribution is -0.140. The van der Waals surface area contributed by atoms with Crippen LogP contribution in [0.15, 0.2) is 48.5 Å². The summed E-state index contributed by atoms with van der Waals surface area (Å²) in [6.07, 6.45) is 0.342. The Kier molecular flexibility index (Phi) is 8.95. The molecule has 0 aliphatic rings. The van der Waals surface area contributed by atoms with Crippen molar-refractivity contribution in [3.8, 4) is 0 Å². The fourth-order valence-corrected chi connectivity index (χ4v) is 4.36. The standard InChI is InChI=1S/C23H31FN4O4S/c1-6-21(23(30)25-3)27(15-18-9-7-17(2)8-10-18)22(29)16-28(33(31,32)26(4)5)20-13-11-19(24)12-14-20/h7-14,21H,6,15-16H2,1-5H3,(H,25,30). The molecule has 0 fully saturated rings. The Bertz CT molecular complexity index is 1060. The SMILES string of the molecule is CCC(C(=O)NC)N(Cc1ccc(C)cc1)C(=O)CN(c1ccc(F)cc1)S(=O)(=O)N(C)C. The topological polar surface area (TPSA) is 90.0 Å². The molecule has 1 N–H and O–H groups in total. The number of aryl methyl sites for hydroxylation is 1. The minimum Gasteiger partial charge on any atom is -0.357 e. The van der Waals surface area contributed by atoms with Gasteiger partial charge in [-0.15, -0.1) is 0 Å². The molecule has 0 saturated heterocycles. The molecule has 2 aromatic rings. The zero-order chi connectivity index (χ0) is 24.8. The van der Waals surface area contributed by atoms with E-state index in [4.69, 9.17) is 0 Å². The number of carbonyl (C=O) groups excluding carboxylic acids is 2. The summed E-state index contributed by atoms with van der Waals surface area (Å²) in [7, 11) is 0.107. The minimum atomic E-state index is -4.07. The average molecular weight is 479 g/mol. The van der Waals surface area contributed by atoms with Crippen LogP contribution < -0.4 is 9.62 Å². The fraction of sp³-hybridized carbons (Fsp3) is 0.391. The second-order valence-corrected chi connectivity index (χ2v) is 9.89. The number of amides is 2. The van der Waals surface area contributed by atoms with Crippen molar-refractivity contribution < 1.29 is 22.4 Å². The molecule has 2 aromatic carbocycles. The first-order valence-corrected chi connectivity index (χ1v) is 11.9. The van der Waals surface area contributed by atoms with Crippen molar-refractivity contribution in [1.82, 2.24) is 14.5 Å². The first-order chi connectivity index (χ1) is 15.5. The third-order valence-corrected chi connectivity index (χ3v) is 7.06. The molecule has 180 valence electrons. The first-order valence-electron chi connectivity index (χ1n) is 10.5. The van der Waals surface area contributed by atoms with Gasteiger partial charge in [0, 0.05) is 27.7 Å². The molecule has 2 rings (SSSR count). The van der Waals surface area contributed by atoms with E-state index in [1.807, 2.05) is 31.2 Å². The van der Waals surface area contributed by atoms with E-state index in [0.29, 0.717) is 6.42 Å². The number of rotatable bonds is 10. The highest BCUT2D eigenvalue weighted by Crippen LogP contribution is 2.21. The summed E-state index contributed by atoms with van der Waals surface area (Å²) in [5.41, 5.74) is 2.00. The summed E-state index contributed by atoms with van der Waals surface area (Å²) in [6.45, 7) is 3.30. The molecule has 8 nitrogen and oxygen atoms in total. The predicted molar refractivity (Wildman–Crippen MR) is 126 cm³/mol. The van der Waals surface area contributed by atoms with Crippen LogP contribution in [0.3, 0.4) is 0 Å². The lowest BCUT2D eigenvalue weighted by Gasteiger charge is -2.33. The van der Waals surface area contributed by atoms with Gasteiger partial charge in [-0.3, -0.25) is 9.59 Å². The van der Waals surface area contributed by atoms with Gasteiger partial charge in [0.25, 0.3) is 0 Å². The molecule has 33 heavy (non-hydrogen) atoms. The van der Waals surface area contributed by atoms with Gasteiger partial charge < -0.3 is 10.2 Å². The van der Waals surface area contributed by atoms with Crippen molar-refractivity contribution in [2.75, 3.05) is 32.0 Å². The van der Waals surface area contributed by atoms with Crippen LogP contribution in [-0.4, -0.2) is 63.2 Å². The Morgan fingerprint density at radius 1 is 1.03 bits per heavy atom. The second kappa shape index (κ2) is 11.2. The van der Waals surface area contributed by atoms with Crippen LogP contribution in [-0.2, 0) is 26.3 Å². The highest BCUT2D eigenvalue weighted by molar-refractivity contribution is 7.90. The molecule has 0 aromatic heterocycles. The molecule has 2 amide bonds. The summed E-state index contributed by atoms with van der Waals surface area (Å²) in [5, 5.41) is 2.57. The Morgan fingerprint density at radius 3 is 2.09 bits per heavy atom. The van der Waals surface area contributed by atoms with E-state index in [1.165, 1.54) is 38.2 Å². The van der Waals surface area contributed by atoms with Crippen LogP contribution in [0, 0.1) is 12.7 Å². The third kappa shape index (κ3) is 6.52. The van der Waals surface area contributed by atoms with E-state index >= 15 is 0 Å². The number of carbonyl (C=O) groups is 2. The number of hydrogen-bond donors (Lipinski definition) is 1. The zero-order valence-corrected chi connectivity index (χ0v) is 20.4. The van der Waals surface area contributed by atoms with Gasteiger partial charge in [-0.2, -0.15) is 12.7 Å². The van der Waals surface area contributed by atoms with Gasteiger partial charge in [-0.05, 0) is 43.2 Å². The lowest BCUT2D eigenvalue weighted by Crippen LogP contribution is -2.52. The van der Waals surface area contributed by atoms with Crippen LogP contribution in [0.25, 0.3) is 0 Å². The van der Waals surface area contributed by atoms with Crippen molar-refractivity contribution in [2.24, 2.45) is 0 Å². The molecule has 10 heteroatoms. The zero-order valence-electron chi connectivity index (χ0n) is 19.6. The van der Waals surface area contributed by atoms with E-state index in [2.05, 4.69) is 5.32 Å². The molecule has 0 spiro atoms. The van der Waals surface area contributed by atoms with Crippen molar-refractivity contribution in [3.05, 3.63) is 65.5 Å². The first kappa shape index (κ1) is 26.3. The maximum atomic E-state index is 13.5. The van der Waals surface area contributed by atoms with Gasteiger partial charge in [-0.1, -0.05) is 36.8 Å². The Balaban J connectivity index is 2.47. The van der Waals surface area contributed by atoms with Crippen molar-refractivity contribution in [3.63, 3.8) is 0 Å². The second-order valence-electron chi connectivity index (χ2n) is 7.82. The van der Waals surface area contributed by atoms with Crippen molar-refractivity contribution in [2.45, 2.75) is 32.9 Å². The number of anilines is 1. The minimum absolute atomic E-state index is 0.129. The number of hydrogen-bond acceptors (Lipinski definition) is 4. The summed E-state index contributed by atoms with van der Waals surface area (Å²) >= 11 is 0. The molecule has 1 atom stereocenters. The van der Waals surface area contributed by atoms with Crippen molar-refractivity contribution in [1.29, 1.82) is 0 Å². The molecular formula is C23H31FN4O4S. The van der Waals surface area contributed by atoms with Crippen molar-refractivity contribution >= 4 is 27.7 Å². The number of likely N-dealkylation sites (N-methyl/N-ethyl adjacent to an activating group) is 1. The van der Waals surface area contributed by atoms with Gasteiger partial charge in [0.2, 0.25) is 11.8 Å². The van der Waals surface area contributed by atoms with E-state index in [-0.39, 0.29) is 18.1 Å². The Hall–Kier alpha value is -2.98. The Labute approximate surface area is 195 Å². The fourth-order valence-electron chi connectivity index (χ4n) is 3.30. The van der Waals surface area contributed by atoms with E-state index in [0.717, 1.165) is 31.9 Å². The highest BCUT2D eigenvalue weighted by Gasteiger charge is 2.33. The maximum Gasteiger partial charge on any atom is 0.304 e. The largest absolute Gasteiger partial charge is 0.357 e. The van der Waals surface area contributed by atoms with Crippen LogP contribution in [0.1, 0.15) is 24.5 Å². The number of nitrogens with zero attached hydrogens (tertiary/aromatic N) is 3. The molecule has 0 heterocycles. The number of halogens is 1. The predicted octanol–water partition coefficient (Wildman–Crippen LogP) is 2.30. The summed E-state index contributed by atoms with van der Waals surface area (Å²) < 4.78 is 41.3. The average Bonchev–Trinajstić information content (AvgIpc) is 2.78. The molecule has 0 aliphatic heterocycles. The normalized spacial score (nSPS) is 12.3. The van der Waals surface area contributed by atoms with Gasteiger partial charge in [0.05, 0.1) is 5.69 Å². The molecular weight excluding hydrogens is 447 g/mol. The number of nitrogens with one attached hydrogen (secondary N) is 1. The quantitative estimate of drug-likeness (QED) is 0.568. The van der Waals surface area contributed by atoms with Gasteiger partial charge in [0.1, 0.15) is 18.4 Å². The summed E-state index contributed by atoms with van der Waals surface area (Å²) in [4.78, 5) is 27.4. The summed E-state index contributed by atoms with van der Waals surface area (Å²) in [5.74, 6) is -1.43. The maximum absolute atomic E-state index is 13.5. The number of benzene rings is 2. The Morgan fingerprint density at radius 2 is 1.61 bits per heavy atom. The smallest absolute Gasteiger partial charge is 0.304 e. The highest BCUT2D eigenvalue weighted by atomic mass is 32.2. The van der Waals surface area contributed by atoms with E-state index in [9.17, 15) is 22.4 Å². The van der Waals surface area contributed by atoms with Gasteiger partial charge in [-0.25, -0.2) is 8.70 Å². The molecule has 1 unspecified atom stereocenters. The van der Waals surface area contributed by atoms with E-state index in [1.54, 1.807) is 6.92 Å². The van der Waals surface area contributed by atoms with Crippen LogP contribution in [0.5, 0.6) is 0 Å². The summed E-state index contributed by atoms with van der Waals surface area (Å²) in [6, 6.07) is 11.6. The van der Waals surface area contributed by atoms with Crippen LogP contribution in [0.2, 0.25) is 0 Å². The monoisotopic (exact) mass is 478 g/mol. The molecule has 0 saturated carbocycles. The molecule has 0 radical (unpaired) electrons. The van der Waals surface area contributed by atoms with Crippen LogP contribution in [0.4, 0.5) is 10.1 Å². The van der Waals surface area contributed by atoms with Gasteiger partial charge in [0.15, 0.2) is 0 Å². The third-order valence-electron chi connectivity index (χ3n) is 5.24. The van der Waals surface area contributed by atoms with Crippen LogP contribution >= 0.6 is 0 Å². The molecule has 0 bridgehead atoms. The molecule has 0 aliphatic carbocycles. The van der Waals surface area contributed by atoms with E-state index < -0.39 is 34.5 Å². The lowest BCUT2D eigenvalue weighted by atomic mass is 10.1. The van der Waals surface area contributed by atoms with Gasteiger partial charge >= 0.3 is 10.2 Å².